The highest BCUT2D eigenvalue weighted by atomic mass is 16.8. The van der Waals surface area contributed by atoms with Crippen molar-refractivity contribution >= 4 is 0 Å². The van der Waals surface area contributed by atoms with Gasteiger partial charge in [0.05, 0.1) is 19.3 Å². The summed E-state index contributed by atoms with van der Waals surface area (Å²) in [6.45, 7) is 3.10. The average Bonchev–Trinajstić information content (AvgIpc) is 3.09. The molecule has 4 rings (SSSR count). The molecular formula is C20H22O4. The molecule has 0 aromatic heterocycles. The summed E-state index contributed by atoms with van der Waals surface area (Å²) in [7, 11) is 0. The lowest BCUT2D eigenvalue weighted by atomic mass is 10.0. The Morgan fingerprint density at radius 2 is 1.58 bits per heavy atom. The standard InChI is InChI=1S/C20H22O4/c1-14-18-19(24-20(23-18)16-10-6-3-7-11-16)17(13-21-14)22-12-15-8-4-2-5-9-15/h2-11,14,17-20H,12-13H2,1H3/t14?,17-,18?,19?,20-/m0/s1. The molecule has 3 unspecified atom stereocenters. The Bertz CT molecular complexity index is 645. The smallest absolute Gasteiger partial charge is 0.184 e. The maximum atomic E-state index is 6.20. The molecule has 0 saturated carbocycles. The van der Waals surface area contributed by atoms with Gasteiger partial charge in [-0.05, 0) is 12.5 Å². The molecule has 0 spiro atoms. The largest absolute Gasteiger partial charge is 0.373 e. The summed E-state index contributed by atoms with van der Waals surface area (Å²) in [6, 6.07) is 20.2. The lowest BCUT2D eigenvalue weighted by Gasteiger charge is -2.35. The van der Waals surface area contributed by atoms with Gasteiger partial charge in [0, 0.05) is 5.56 Å². The van der Waals surface area contributed by atoms with Gasteiger partial charge in [-0.2, -0.15) is 0 Å². The summed E-state index contributed by atoms with van der Waals surface area (Å²) in [5.41, 5.74) is 2.17. The van der Waals surface area contributed by atoms with Crippen molar-refractivity contribution in [1.82, 2.24) is 0 Å². The van der Waals surface area contributed by atoms with E-state index in [9.17, 15) is 0 Å². The third-order valence-corrected chi connectivity index (χ3v) is 4.62. The molecule has 0 aliphatic carbocycles. The maximum absolute atomic E-state index is 6.20. The summed E-state index contributed by atoms with van der Waals surface area (Å²) >= 11 is 0. The van der Waals surface area contributed by atoms with Crippen LogP contribution in [-0.2, 0) is 25.6 Å². The minimum atomic E-state index is -0.354. The first-order chi connectivity index (χ1) is 11.8. The molecular weight excluding hydrogens is 304 g/mol. The van der Waals surface area contributed by atoms with Crippen molar-refractivity contribution in [3.8, 4) is 0 Å². The summed E-state index contributed by atoms with van der Waals surface area (Å²) in [5, 5.41) is 0. The van der Waals surface area contributed by atoms with Gasteiger partial charge >= 0.3 is 0 Å². The predicted octanol–water partition coefficient (Wildman–Crippen LogP) is 3.47. The van der Waals surface area contributed by atoms with Crippen LogP contribution < -0.4 is 0 Å². The Labute approximate surface area is 142 Å². The summed E-state index contributed by atoms with van der Waals surface area (Å²) < 4.78 is 24.2. The van der Waals surface area contributed by atoms with Crippen molar-refractivity contribution in [2.75, 3.05) is 6.61 Å². The van der Waals surface area contributed by atoms with Gasteiger partial charge in [-0.3, -0.25) is 0 Å². The average molecular weight is 326 g/mol. The van der Waals surface area contributed by atoms with Gasteiger partial charge < -0.3 is 18.9 Å². The highest BCUT2D eigenvalue weighted by Gasteiger charge is 2.48. The molecule has 2 aromatic rings. The third kappa shape index (κ3) is 3.23. The molecule has 24 heavy (non-hydrogen) atoms. The molecule has 126 valence electrons. The molecule has 2 heterocycles. The van der Waals surface area contributed by atoms with Crippen molar-refractivity contribution in [3.63, 3.8) is 0 Å². The van der Waals surface area contributed by atoms with Gasteiger partial charge in [0.2, 0.25) is 0 Å². The molecule has 2 aliphatic rings. The van der Waals surface area contributed by atoms with Crippen LogP contribution in [0.3, 0.4) is 0 Å². The van der Waals surface area contributed by atoms with E-state index >= 15 is 0 Å². The normalized spacial score (nSPS) is 32.5. The second kappa shape index (κ2) is 7.03. The summed E-state index contributed by atoms with van der Waals surface area (Å²) in [4.78, 5) is 0. The molecule has 4 heteroatoms. The van der Waals surface area contributed by atoms with Gasteiger partial charge in [-0.15, -0.1) is 0 Å². The van der Waals surface area contributed by atoms with Crippen LogP contribution in [0.25, 0.3) is 0 Å². The van der Waals surface area contributed by atoms with Gasteiger partial charge in [0.25, 0.3) is 0 Å². The van der Waals surface area contributed by atoms with Crippen LogP contribution in [-0.4, -0.2) is 31.0 Å². The van der Waals surface area contributed by atoms with E-state index in [4.69, 9.17) is 18.9 Å². The Balaban J connectivity index is 1.45. The third-order valence-electron chi connectivity index (χ3n) is 4.62. The molecule has 2 aliphatic heterocycles. The van der Waals surface area contributed by atoms with Crippen molar-refractivity contribution in [2.24, 2.45) is 0 Å². The summed E-state index contributed by atoms with van der Waals surface area (Å²) in [6.07, 6.45) is -0.694. The van der Waals surface area contributed by atoms with E-state index in [0.29, 0.717) is 13.2 Å². The van der Waals surface area contributed by atoms with Crippen LogP contribution in [0.1, 0.15) is 24.3 Å². The first-order valence-corrected chi connectivity index (χ1v) is 8.44. The fourth-order valence-electron chi connectivity index (χ4n) is 3.27. The van der Waals surface area contributed by atoms with Crippen LogP contribution in [0.15, 0.2) is 60.7 Å². The Morgan fingerprint density at radius 3 is 2.33 bits per heavy atom. The van der Waals surface area contributed by atoms with E-state index in [2.05, 4.69) is 12.1 Å². The van der Waals surface area contributed by atoms with Crippen molar-refractivity contribution in [1.29, 1.82) is 0 Å². The molecule has 0 N–H and O–H groups in total. The Kier molecular flexibility index (Phi) is 4.63. The molecule has 0 amide bonds. The second-order valence-electron chi connectivity index (χ2n) is 6.32. The molecule has 5 atom stereocenters. The van der Waals surface area contributed by atoms with E-state index < -0.39 is 0 Å². The quantitative estimate of drug-likeness (QED) is 0.862. The van der Waals surface area contributed by atoms with Crippen molar-refractivity contribution in [3.05, 3.63) is 71.8 Å². The van der Waals surface area contributed by atoms with E-state index in [1.165, 1.54) is 0 Å². The number of fused-ring (bicyclic) bond motifs is 1. The first-order valence-electron chi connectivity index (χ1n) is 8.44. The van der Waals surface area contributed by atoms with Crippen LogP contribution in [0.5, 0.6) is 0 Å². The van der Waals surface area contributed by atoms with Crippen LogP contribution in [0, 0.1) is 0 Å². The van der Waals surface area contributed by atoms with E-state index in [1.54, 1.807) is 0 Å². The highest BCUT2D eigenvalue weighted by Crippen LogP contribution is 2.38. The SMILES string of the molecule is CC1OC[C@H](OCc2ccccc2)C2O[C@@H](c3ccccc3)OC12. The van der Waals surface area contributed by atoms with Gasteiger partial charge in [0.1, 0.15) is 18.3 Å². The fourth-order valence-corrected chi connectivity index (χ4v) is 3.27. The van der Waals surface area contributed by atoms with E-state index in [-0.39, 0.29) is 30.7 Å². The Hall–Kier alpha value is -1.72. The highest BCUT2D eigenvalue weighted by molar-refractivity contribution is 5.17. The van der Waals surface area contributed by atoms with Crippen LogP contribution in [0.4, 0.5) is 0 Å². The van der Waals surface area contributed by atoms with Crippen molar-refractivity contribution in [2.45, 2.75) is 44.2 Å². The predicted molar refractivity (Wildman–Crippen MR) is 89.4 cm³/mol. The number of benzene rings is 2. The first kappa shape index (κ1) is 15.8. The van der Waals surface area contributed by atoms with Crippen LogP contribution in [0.2, 0.25) is 0 Å². The summed E-state index contributed by atoms with van der Waals surface area (Å²) in [5.74, 6) is 0. The Morgan fingerprint density at radius 1 is 0.917 bits per heavy atom. The minimum absolute atomic E-state index is 0.000266. The van der Waals surface area contributed by atoms with Crippen molar-refractivity contribution < 1.29 is 18.9 Å². The number of rotatable bonds is 4. The zero-order chi connectivity index (χ0) is 16.4. The zero-order valence-electron chi connectivity index (χ0n) is 13.7. The second-order valence-corrected chi connectivity index (χ2v) is 6.32. The molecule has 0 bridgehead atoms. The lowest BCUT2D eigenvalue weighted by Crippen LogP contribution is -2.51. The van der Waals surface area contributed by atoms with E-state index in [1.807, 2.05) is 55.5 Å². The minimum Gasteiger partial charge on any atom is -0.373 e. The number of hydrogen-bond donors (Lipinski definition) is 0. The van der Waals surface area contributed by atoms with Crippen LogP contribution >= 0.6 is 0 Å². The molecule has 2 aromatic carbocycles. The molecule has 2 saturated heterocycles. The monoisotopic (exact) mass is 326 g/mol. The van der Waals surface area contributed by atoms with E-state index in [0.717, 1.165) is 11.1 Å². The number of ether oxygens (including phenoxy) is 4. The topological polar surface area (TPSA) is 36.9 Å². The lowest BCUT2D eigenvalue weighted by molar-refractivity contribution is -0.161. The fraction of sp³-hybridized carbons (Fsp3) is 0.400. The van der Waals surface area contributed by atoms with Gasteiger partial charge in [-0.1, -0.05) is 60.7 Å². The van der Waals surface area contributed by atoms with Gasteiger partial charge in [0.15, 0.2) is 6.29 Å². The molecule has 0 radical (unpaired) electrons. The maximum Gasteiger partial charge on any atom is 0.184 e. The molecule has 4 nitrogen and oxygen atoms in total. The number of hydrogen-bond acceptors (Lipinski definition) is 4. The molecule has 2 fully saturated rings. The van der Waals surface area contributed by atoms with Gasteiger partial charge in [-0.25, -0.2) is 0 Å². The zero-order valence-corrected chi connectivity index (χ0v) is 13.7.